The molecule has 2 N–H and O–H groups in total. The van der Waals surface area contributed by atoms with Crippen molar-refractivity contribution in [2.45, 2.75) is 26.3 Å². The minimum atomic E-state index is -1.19. The number of hydrogen-bond acceptors (Lipinski definition) is 4. The summed E-state index contributed by atoms with van der Waals surface area (Å²) in [6.45, 7) is 3.50. The molecule has 0 aromatic heterocycles. The van der Waals surface area contributed by atoms with Crippen molar-refractivity contribution in [3.05, 3.63) is 48.0 Å². The molecule has 25 heavy (non-hydrogen) atoms. The van der Waals surface area contributed by atoms with Crippen LogP contribution in [0.25, 0.3) is 10.8 Å². The van der Waals surface area contributed by atoms with Gasteiger partial charge in [-0.3, -0.25) is 9.59 Å². The second-order valence-corrected chi connectivity index (χ2v) is 5.80. The van der Waals surface area contributed by atoms with E-state index in [9.17, 15) is 19.5 Å². The molecule has 6 heteroatoms. The number of aliphatic carboxylic acids is 1. The molecule has 6 nitrogen and oxygen atoms in total. The Bertz CT molecular complexity index is 781. The third-order valence-corrected chi connectivity index (χ3v) is 3.95. The summed E-state index contributed by atoms with van der Waals surface area (Å²) >= 11 is 0. The summed E-state index contributed by atoms with van der Waals surface area (Å²) in [6.07, 6.45) is -0.0827. The highest BCUT2D eigenvalue weighted by Crippen LogP contribution is 2.19. The first kappa shape index (κ1) is 18.4. The van der Waals surface area contributed by atoms with Crippen molar-refractivity contribution in [2.24, 2.45) is 5.92 Å². The normalized spacial score (nSPS) is 13.0. The summed E-state index contributed by atoms with van der Waals surface area (Å²) < 4.78 is 4.85. The lowest BCUT2D eigenvalue weighted by Gasteiger charge is -2.21. The van der Waals surface area contributed by atoms with Gasteiger partial charge in [-0.25, -0.2) is 4.79 Å². The van der Waals surface area contributed by atoms with Crippen molar-refractivity contribution < 1.29 is 24.2 Å². The molecule has 0 spiro atoms. The van der Waals surface area contributed by atoms with Crippen LogP contribution in [0.4, 0.5) is 0 Å². The van der Waals surface area contributed by atoms with Gasteiger partial charge in [-0.05, 0) is 29.7 Å². The molecule has 2 aromatic carbocycles. The van der Waals surface area contributed by atoms with Gasteiger partial charge < -0.3 is 15.2 Å². The SMILES string of the molecule is CCOC(=O)C[C@H](C)[C@@H](NC(=O)c1cccc2ccccc12)C(=O)O. The highest BCUT2D eigenvalue weighted by molar-refractivity contribution is 6.07. The Hall–Kier alpha value is -2.89. The first-order valence-corrected chi connectivity index (χ1v) is 8.11. The van der Waals surface area contributed by atoms with Crippen molar-refractivity contribution in [2.75, 3.05) is 6.61 Å². The van der Waals surface area contributed by atoms with E-state index in [0.29, 0.717) is 5.56 Å². The van der Waals surface area contributed by atoms with Gasteiger partial charge in [0.05, 0.1) is 13.0 Å². The highest BCUT2D eigenvalue weighted by atomic mass is 16.5. The highest BCUT2D eigenvalue weighted by Gasteiger charge is 2.29. The van der Waals surface area contributed by atoms with E-state index in [1.165, 1.54) is 0 Å². The fraction of sp³-hybridized carbons (Fsp3) is 0.316. The fourth-order valence-corrected chi connectivity index (χ4v) is 2.69. The third kappa shape index (κ3) is 4.56. The first-order valence-electron chi connectivity index (χ1n) is 8.11. The van der Waals surface area contributed by atoms with Crippen molar-refractivity contribution in [3.63, 3.8) is 0 Å². The molecule has 1 amide bonds. The van der Waals surface area contributed by atoms with Gasteiger partial charge >= 0.3 is 11.9 Å². The van der Waals surface area contributed by atoms with E-state index in [1.807, 2.05) is 30.3 Å². The maximum Gasteiger partial charge on any atom is 0.326 e. The molecule has 2 atom stereocenters. The molecule has 2 aromatic rings. The minimum absolute atomic E-state index is 0.0827. The average molecular weight is 343 g/mol. The summed E-state index contributed by atoms with van der Waals surface area (Å²) in [4.78, 5) is 35.7. The van der Waals surface area contributed by atoms with E-state index >= 15 is 0 Å². The van der Waals surface area contributed by atoms with Gasteiger partial charge in [0, 0.05) is 5.56 Å². The van der Waals surface area contributed by atoms with Crippen LogP contribution in [0.3, 0.4) is 0 Å². The second kappa shape index (κ2) is 8.28. The van der Waals surface area contributed by atoms with Crippen LogP contribution in [0.2, 0.25) is 0 Å². The van der Waals surface area contributed by atoms with Gasteiger partial charge in [-0.1, -0.05) is 43.3 Å². The van der Waals surface area contributed by atoms with Gasteiger partial charge in [0.1, 0.15) is 6.04 Å². The van der Waals surface area contributed by atoms with Crippen molar-refractivity contribution in [3.8, 4) is 0 Å². The van der Waals surface area contributed by atoms with E-state index in [0.717, 1.165) is 10.8 Å². The average Bonchev–Trinajstić information content (AvgIpc) is 2.58. The molecule has 0 radical (unpaired) electrons. The van der Waals surface area contributed by atoms with Crippen LogP contribution < -0.4 is 5.32 Å². The molecule has 0 heterocycles. The monoisotopic (exact) mass is 343 g/mol. The van der Waals surface area contributed by atoms with E-state index in [1.54, 1.807) is 26.0 Å². The minimum Gasteiger partial charge on any atom is -0.480 e. The zero-order chi connectivity index (χ0) is 18.4. The number of nitrogens with one attached hydrogen (secondary N) is 1. The summed E-state index contributed by atoms with van der Waals surface area (Å²) in [5.41, 5.74) is 0.396. The van der Waals surface area contributed by atoms with E-state index < -0.39 is 29.8 Å². The third-order valence-electron chi connectivity index (χ3n) is 3.95. The number of hydrogen-bond donors (Lipinski definition) is 2. The van der Waals surface area contributed by atoms with Crippen LogP contribution in [0.1, 0.15) is 30.6 Å². The van der Waals surface area contributed by atoms with Gasteiger partial charge in [-0.15, -0.1) is 0 Å². The number of rotatable bonds is 7. The lowest BCUT2D eigenvalue weighted by Crippen LogP contribution is -2.45. The van der Waals surface area contributed by atoms with Gasteiger partial charge in [-0.2, -0.15) is 0 Å². The zero-order valence-electron chi connectivity index (χ0n) is 14.2. The van der Waals surface area contributed by atoms with Crippen LogP contribution in [0.5, 0.6) is 0 Å². The Labute approximate surface area is 145 Å². The maximum absolute atomic E-state index is 12.6. The smallest absolute Gasteiger partial charge is 0.326 e. The fourth-order valence-electron chi connectivity index (χ4n) is 2.69. The number of carboxylic acid groups (broad SMARTS) is 1. The van der Waals surface area contributed by atoms with E-state index in [2.05, 4.69) is 5.32 Å². The van der Waals surface area contributed by atoms with Crippen LogP contribution in [-0.2, 0) is 14.3 Å². The Morgan fingerprint density at radius 2 is 1.80 bits per heavy atom. The molecule has 132 valence electrons. The van der Waals surface area contributed by atoms with Crippen molar-refractivity contribution >= 4 is 28.6 Å². The number of amides is 1. The predicted molar refractivity (Wildman–Crippen MR) is 93.3 cm³/mol. The molecule has 0 saturated carbocycles. The topological polar surface area (TPSA) is 92.7 Å². The maximum atomic E-state index is 12.6. The van der Waals surface area contributed by atoms with Gasteiger partial charge in [0.25, 0.3) is 5.91 Å². The second-order valence-electron chi connectivity index (χ2n) is 5.80. The zero-order valence-corrected chi connectivity index (χ0v) is 14.2. The summed E-state index contributed by atoms with van der Waals surface area (Å²) in [7, 11) is 0. The quantitative estimate of drug-likeness (QED) is 0.754. The Morgan fingerprint density at radius 3 is 2.48 bits per heavy atom. The molecule has 0 aliphatic rings. The molecule has 0 saturated heterocycles. The molecule has 0 unspecified atom stereocenters. The summed E-state index contributed by atoms with van der Waals surface area (Å²) in [5, 5.41) is 13.6. The van der Waals surface area contributed by atoms with Crippen molar-refractivity contribution in [1.82, 2.24) is 5.32 Å². The lowest BCUT2D eigenvalue weighted by molar-refractivity contribution is -0.145. The van der Waals surface area contributed by atoms with Gasteiger partial charge in [0.2, 0.25) is 0 Å². The number of carboxylic acids is 1. The Balaban J connectivity index is 2.20. The molecular weight excluding hydrogens is 322 g/mol. The lowest BCUT2D eigenvalue weighted by atomic mass is 9.97. The van der Waals surface area contributed by atoms with Crippen LogP contribution >= 0.6 is 0 Å². The predicted octanol–water partition coefficient (Wildman–Crippen LogP) is 2.61. The number of carbonyl (C=O) groups is 3. The molecule has 0 bridgehead atoms. The first-order chi connectivity index (χ1) is 11.9. The molecule has 0 aliphatic carbocycles. The molecular formula is C19H21NO5. The van der Waals surface area contributed by atoms with Crippen LogP contribution in [-0.4, -0.2) is 35.6 Å². The van der Waals surface area contributed by atoms with Crippen LogP contribution in [0, 0.1) is 5.92 Å². The number of carbonyl (C=O) groups excluding carboxylic acids is 2. The molecule has 0 aliphatic heterocycles. The largest absolute Gasteiger partial charge is 0.480 e. The van der Waals surface area contributed by atoms with E-state index in [4.69, 9.17) is 4.74 Å². The summed E-state index contributed by atoms with van der Waals surface area (Å²) in [5.74, 6) is -2.76. The Kier molecular flexibility index (Phi) is 6.11. The number of benzene rings is 2. The Morgan fingerprint density at radius 1 is 1.12 bits per heavy atom. The standard InChI is InChI=1S/C19H21NO5/c1-3-25-16(21)11-12(2)17(19(23)24)20-18(22)15-10-6-8-13-7-4-5-9-14(13)15/h4-10,12,17H,3,11H2,1-2H3,(H,20,22)(H,23,24)/t12-,17+/m0/s1. The van der Waals surface area contributed by atoms with Crippen molar-refractivity contribution in [1.29, 1.82) is 0 Å². The van der Waals surface area contributed by atoms with Gasteiger partial charge in [0.15, 0.2) is 0 Å². The van der Waals surface area contributed by atoms with Crippen LogP contribution in [0.15, 0.2) is 42.5 Å². The molecule has 2 rings (SSSR count). The molecule has 0 fully saturated rings. The van der Waals surface area contributed by atoms with E-state index in [-0.39, 0.29) is 13.0 Å². The number of ether oxygens (including phenoxy) is 1. The summed E-state index contributed by atoms with van der Waals surface area (Å²) in [6, 6.07) is 11.5. The number of fused-ring (bicyclic) bond motifs is 1. The number of esters is 1.